The molecule has 1 aliphatic heterocycles. The lowest BCUT2D eigenvalue weighted by atomic mass is 9.83. The van der Waals surface area contributed by atoms with E-state index >= 15 is 0 Å². The number of piperidine rings is 1. The molecule has 2 nitrogen and oxygen atoms in total. The Bertz CT molecular complexity index is 279. The van der Waals surface area contributed by atoms with Gasteiger partial charge in [-0.25, -0.2) is 0 Å². The molecule has 0 spiro atoms. The Balaban J connectivity index is 1.58. The van der Waals surface area contributed by atoms with Gasteiger partial charge in [0.05, 0.1) is 0 Å². The van der Waals surface area contributed by atoms with Gasteiger partial charge in [0.25, 0.3) is 0 Å². The van der Waals surface area contributed by atoms with Crippen LogP contribution in [-0.4, -0.2) is 36.6 Å². The highest BCUT2D eigenvalue weighted by Gasteiger charge is 2.38. The zero-order valence-electron chi connectivity index (χ0n) is 12.8. The summed E-state index contributed by atoms with van der Waals surface area (Å²) >= 11 is 0. The zero-order chi connectivity index (χ0) is 13.1. The maximum absolute atomic E-state index is 3.84. The largest absolute Gasteiger partial charge is 0.313 e. The number of hydrogen-bond donors (Lipinski definition) is 1. The molecule has 0 radical (unpaired) electrons. The average molecular weight is 264 g/mol. The third-order valence-corrected chi connectivity index (χ3v) is 5.77. The molecule has 3 aliphatic rings. The minimum absolute atomic E-state index is 0.618. The van der Waals surface area contributed by atoms with Crippen molar-refractivity contribution in [1.82, 2.24) is 10.2 Å². The minimum Gasteiger partial charge on any atom is -0.313 e. The van der Waals surface area contributed by atoms with E-state index in [0.717, 1.165) is 12.1 Å². The van der Waals surface area contributed by atoms with Crippen LogP contribution in [0.15, 0.2) is 0 Å². The average Bonchev–Trinajstić information content (AvgIpc) is 3.17. The number of rotatable bonds is 6. The SMILES string of the molecule is CCC1CCCCN1CC1(CNC2CC2)CCCC1. The minimum atomic E-state index is 0.618. The topological polar surface area (TPSA) is 15.3 Å². The van der Waals surface area contributed by atoms with Crippen LogP contribution in [0.3, 0.4) is 0 Å². The summed E-state index contributed by atoms with van der Waals surface area (Å²) in [7, 11) is 0. The molecular weight excluding hydrogens is 232 g/mol. The second-order valence-electron chi connectivity index (χ2n) is 7.39. The lowest BCUT2D eigenvalue weighted by Gasteiger charge is -2.42. The number of hydrogen-bond acceptors (Lipinski definition) is 2. The molecule has 0 aromatic rings. The van der Waals surface area contributed by atoms with Crippen LogP contribution in [0, 0.1) is 5.41 Å². The van der Waals surface area contributed by atoms with Crippen molar-refractivity contribution in [3.63, 3.8) is 0 Å². The first-order chi connectivity index (χ1) is 9.31. The van der Waals surface area contributed by atoms with Gasteiger partial charge in [0.2, 0.25) is 0 Å². The Morgan fingerprint density at radius 1 is 1.05 bits per heavy atom. The molecule has 3 rings (SSSR count). The molecule has 1 N–H and O–H groups in total. The molecule has 0 bridgehead atoms. The van der Waals surface area contributed by atoms with E-state index < -0.39 is 0 Å². The van der Waals surface area contributed by atoms with Crippen LogP contribution in [0.25, 0.3) is 0 Å². The highest BCUT2D eigenvalue weighted by atomic mass is 15.2. The molecule has 1 atom stereocenters. The Morgan fingerprint density at radius 2 is 1.84 bits per heavy atom. The van der Waals surface area contributed by atoms with E-state index in [2.05, 4.69) is 17.1 Å². The highest BCUT2D eigenvalue weighted by molar-refractivity contribution is 4.94. The van der Waals surface area contributed by atoms with Gasteiger partial charge in [-0.1, -0.05) is 26.2 Å². The second kappa shape index (κ2) is 6.13. The molecule has 3 fully saturated rings. The lowest BCUT2D eigenvalue weighted by Crippen LogP contribution is -2.48. The van der Waals surface area contributed by atoms with E-state index in [1.807, 2.05) is 0 Å². The standard InChI is InChI=1S/C17H32N2/c1-2-16-7-3-6-12-19(16)14-17(10-4-5-11-17)13-18-15-8-9-15/h15-16,18H,2-14H2,1H3. The number of nitrogens with one attached hydrogen (secondary N) is 1. The van der Waals surface area contributed by atoms with Crippen molar-refractivity contribution in [1.29, 1.82) is 0 Å². The van der Waals surface area contributed by atoms with Crippen LogP contribution in [-0.2, 0) is 0 Å². The summed E-state index contributed by atoms with van der Waals surface area (Å²) in [6.45, 7) is 6.42. The maximum Gasteiger partial charge on any atom is 0.00928 e. The summed E-state index contributed by atoms with van der Waals surface area (Å²) in [6, 6.07) is 1.76. The zero-order valence-corrected chi connectivity index (χ0v) is 12.8. The van der Waals surface area contributed by atoms with Gasteiger partial charge in [-0.05, 0) is 56.9 Å². The normalized spacial score (nSPS) is 31.7. The molecule has 2 saturated carbocycles. The first-order valence-electron chi connectivity index (χ1n) is 8.79. The van der Waals surface area contributed by atoms with Crippen molar-refractivity contribution in [2.24, 2.45) is 5.41 Å². The molecule has 2 heteroatoms. The monoisotopic (exact) mass is 264 g/mol. The van der Waals surface area contributed by atoms with Gasteiger partial charge >= 0.3 is 0 Å². The Labute approximate surface area is 119 Å². The van der Waals surface area contributed by atoms with Gasteiger partial charge in [0, 0.05) is 25.2 Å². The van der Waals surface area contributed by atoms with E-state index in [4.69, 9.17) is 0 Å². The second-order valence-corrected chi connectivity index (χ2v) is 7.39. The molecule has 19 heavy (non-hydrogen) atoms. The van der Waals surface area contributed by atoms with Gasteiger partial charge in [-0.3, -0.25) is 4.90 Å². The molecular formula is C17H32N2. The Hall–Kier alpha value is -0.0800. The molecule has 1 heterocycles. The summed E-state index contributed by atoms with van der Waals surface area (Å²) in [6.07, 6.45) is 14.4. The fourth-order valence-electron chi connectivity index (χ4n) is 4.33. The molecule has 2 aliphatic carbocycles. The van der Waals surface area contributed by atoms with Crippen LogP contribution in [0.5, 0.6) is 0 Å². The van der Waals surface area contributed by atoms with E-state index in [0.29, 0.717) is 5.41 Å². The summed E-state index contributed by atoms with van der Waals surface area (Å²) < 4.78 is 0. The van der Waals surface area contributed by atoms with Gasteiger partial charge < -0.3 is 5.32 Å². The number of likely N-dealkylation sites (tertiary alicyclic amines) is 1. The van der Waals surface area contributed by atoms with Crippen molar-refractivity contribution >= 4 is 0 Å². The Morgan fingerprint density at radius 3 is 2.53 bits per heavy atom. The molecule has 0 aromatic carbocycles. The van der Waals surface area contributed by atoms with E-state index in [9.17, 15) is 0 Å². The van der Waals surface area contributed by atoms with Crippen molar-refractivity contribution in [3.8, 4) is 0 Å². The molecule has 1 unspecified atom stereocenters. The first kappa shape index (κ1) is 13.9. The van der Waals surface area contributed by atoms with Crippen LogP contribution < -0.4 is 5.32 Å². The summed E-state index contributed by atoms with van der Waals surface area (Å²) in [4.78, 5) is 2.85. The summed E-state index contributed by atoms with van der Waals surface area (Å²) in [5.74, 6) is 0. The van der Waals surface area contributed by atoms with E-state index in [-0.39, 0.29) is 0 Å². The van der Waals surface area contributed by atoms with Crippen LogP contribution in [0.2, 0.25) is 0 Å². The number of nitrogens with zero attached hydrogens (tertiary/aromatic N) is 1. The predicted molar refractivity (Wildman–Crippen MR) is 81.4 cm³/mol. The van der Waals surface area contributed by atoms with E-state index in [1.54, 1.807) is 0 Å². The third-order valence-electron chi connectivity index (χ3n) is 5.77. The van der Waals surface area contributed by atoms with Crippen LogP contribution in [0.1, 0.15) is 71.1 Å². The van der Waals surface area contributed by atoms with Gasteiger partial charge in [-0.2, -0.15) is 0 Å². The smallest absolute Gasteiger partial charge is 0.00928 e. The molecule has 110 valence electrons. The predicted octanol–water partition coefficient (Wildman–Crippen LogP) is 3.56. The summed E-state index contributed by atoms with van der Waals surface area (Å²) in [5.41, 5.74) is 0.618. The quantitative estimate of drug-likeness (QED) is 0.789. The third kappa shape index (κ3) is 3.52. The molecule has 1 saturated heterocycles. The molecule has 0 amide bonds. The van der Waals surface area contributed by atoms with Crippen LogP contribution in [0.4, 0.5) is 0 Å². The maximum atomic E-state index is 3.84. The van der Waals surface area contributed by atoms with Gasteiger partial charge in [-0.15, -0.1) is 0 Å². The fourth-order valence-corrected chi connectivity index (χ4v) is 4.33. The first-order valence-corrected chi connectivity index (χ1v) is 8.79. The van der Waals surface area contributed by atoms with Crippen molar-refractivity contribution in [3.05, 3.63) is 0 Å². The van der Waals surface area contributed by atoms with Gasteiger partial charge in [0.15, 0.2) is 0 Å². The van der Waals surface area contributed by atoms with E-state index in [1.165, 1.54) is 83.8 Å². The van der Waals surface area contributed by atoms with Crippen LogP contribution >= 0.6 is 0 Å². The molecule has 0 aromatic heterocycles. The fraction of sp³-hybridized carbons (Fsp3) is 1.00. The van der Waals surface area contributed by atoms with Crippen molar-refractivity contribution in [2.45, 2.75) is 83.2 Å². The summed E-state index contributed by atoms with van der Waals surface area (Å²) in [5, 5.41) is 3.84. The van der Waals surface area contributed by atoms with Crippen molar-refractivity contribution < 1.29 is 0 Å². The Kier molecular flexibility index (Phi) is 4.48. The lowest BCUT2D eigenvalue weighted by molar-refractivity contribution is 0.0787. The highest BCUT2D eigenvalue weighted by Crippen LogP contribution is 2.40. The van der Waals surface area contributed by atoms with Crippen molar-refractivity contribution in [2.75, 3.05) is 19.6 Å². The van der Waals surface area contributed by atoms with Gasteiger partial charge in [0.1, 0.15) is 0 Å².